The summed E-state index contributed by atoms with van der Waals surface area (Å²) in [4.78, 5) is 25.1. The molecule has 7 nitrogen and oxygen atoms in total. The van der Waals surface area contributed by atoms with E-state index in [1.807, 2.05) is 47.1 Å². The Morgan fingerprint density at radius 1 is 1.12 bits per heavy atom. The molecule has 3 aromatic rings. The number of carbonyl (C=O) groups excluding carboxylic acids is 1. The van der Waals surface area contributed by atoms with Crippen molar-refractivity contribution < 1.29 is 14.0 Å². The molecule has 170 valence electrons. The number of hydrogen-bond acceptors (Lipinski definition) is 6. The fraction of sp³-hybridized carbons (Fsp3) is 0.417. The summed E-state index contributed by atoms with van der Waals surface area (Å²) in [5, 5.41) is 0.127. The molecule has 0 aliphatic carbocycles. The van der Waals surface area contributed by atoms with Crippen LogP contribution in [-0.2, 0) is 27.1 Å². The van der Waals surface area contributed by atoms with Gasteiger partial charge >= 0.3 is 5.97 Å². The molecule has 0 bridgehead atoms. The van der Waals surface area contributed by atoms with Gasteiger partial charge in [0.2, 0.25) is 0 Å². The van der Waals surface area contributed by atoms with E-state index in [2.05, 4.69) is 43.8 Å². The average molecular weight is 453 g/mol. The second-order valence-corrected chi connectivity index (χ2v) is 14.1. The molecule has 0 unspecified atom stereocenters. The van der Waals surface area contributed by atoms with Crippen LogP contribution in [0.5, 0.6) is 0 Å². The van der Waals surface area contributed by atoms with Crippen LogP contribution in [0, 0.1) is 0 Å². The lowest BCUT2D eigenvalue weighted by Crippen LogP contribution is -2.41. The minimum absolute atomic E-state index is 0.0843. The summed E-state index contributed by atoms with van der Waals surface area (Å²) in [5.74, 6) is 0.873. The van der Waals surface area contributed by atoms with Crippen LogP contribution < -0.4 is 0 Å². The summed E-state index contributed by atoms with van der Waals surface area (Å²) in [6.45, 7) is 13.7. The SMILES string of the molecule is CC(=O)OCc1nc2cnc(/C=C/c3ccccc3)nc2n1CCO[Si](C)(C)C(C)(C)C. The molecular formula is C24H32N4O3Si. The highest BCUT2D eigenvalue weighted by molar-refractivity contribution is 6.74. The number of hydrogen-bond donors (Lipinski definition) is 0. The number of rotatable bonds is 8. The van der Waals surface area contributed by atoms with Crippen molar-refractivity contribution in [2.45, 2.75) is 59.0 Å². The summed E-state index contributed by atoms with van der Waals surface area (Å²) in [7, 11) is -1.88. The lowest BCUT2D eigenvalue weighted by atomic mass is 10.2. The third-order valence-corrected chi connectivity index (χ3v) is 10.3. The zero-order chi connectivity index (χ0) is 23.4. The van der Waals surface area contributed by atoms with E-state index in [0.29, 0.717) is 36.0 Å². The lowest BCUT2D eigenvalue weighted by molar-refractivity contribution is -0.142. The number of esters is 1. The Bertz CT molecular complexity index is 1100. The van der Waals surface area contributed by atoms with Crippen LogP contribution in [0.1, 0.15) is 44.9 Å². The summed E-state index contributed by atoms with van der Waals surface area (Å²) in [6.07, 6.45) is 5.56. The van der Waals surface area contributed by atoms with Gasteiger partial charge in [0.1, 0.15) is 17.9 Å². The summed E-state index contributed by atoms with van der Waals surface area (Å²) >= 11 is 0. The van der Waals surface area contributed by atoms with Crippen molar-refractivity contribution in [3.63, 3.8) is 0 Å². The number of aromatic nitrogens is 4. The number of ether oxygens (including phenoxy) is 1. The fourth-order valence-corrected chi connectivity index (χ4v) is 3.95. The number of carbonyl (C=O) groups is 1. The summed E-state index contributed by atoms with van der Waals surface area (Å²) < 4.78 is 13.5. The predicted molar refractivity (Wildman–Crippen MR) is 129 cm³/mol. The quantitative estimate of drug-likeness (QED) is 0.350. The molecule has 0 aliphatic heterocycles. The minimum Gasteiger partial charge on any atom is -0.458 e. The fourth-order valence-electron chi connectivity index (χ4n) is 2.91. The van der Waals surface area contributed by atoms with Crippen molar-refractivity contribution in [1.82, 2.24) is 19.5 Å². The number of imidazole rings is 1. The van der Waals surface area contributed by atoms with Gasteiger partial charge in [0.05, 0.1) is 12.8 Å². The zero-order valence-electron chi connectivity index (χ0n) is 19.8. The molecule has 2 heterocycles. The van der Waals surface area contributed by atoms with E-state index in [9.17, 15) is 4.79 Å². The van der Waals surface area contributed by atoms with Crippen LogP contribution in [0.4, 0.5) is 0 Å². The molecule has 0 amide bonds. The van der Waals surface area contributed by atoms with Gasteiger partial charge in [-0.25, -0.2) is 15.0 Å². The standard InChI is InChI=1S/C24H32N4O3Si/c1-18(29)30-17-22-26-20-16-25-21(13-12-19-10-8-7-9-11-19)27-23(20)28(22)14-15-31-32(5,6)24(2,3)4/h7-13,16H,14-15,17H2,1-6H3/b13-12+. The first-order chi connectivity index (χ1) is 15.1. The Kier molecular flexibility index (Phi) is 7.25. The van der Waals surface area contributed by atoms with Crippen LogP contribution in [0.15, 0.2) is 36.5 Å². The van der Waals surface area contributed by atoms with Crippen molar-refractivity contribution in [2.24, 2.45) is 0 Å². The molecule has 0 saturated carbocycles. The first-order valence-electron chi connectivity index (χ1n) is 10.8. The molecule has 0 saturated heterocycles. The Morgan fingerprint density at radius 2 is 1.84 bits per heavy atom. The maximum Gasteiger partial charge on any atom is 0.303 e. The van der Waals surface area contributed by atoms with E-state index in [1.54, 1.807) is 6.20 Å². The third kappa shape index (κ3) is 5.89. The number of nitrogens with zero attached hydrogens (tertiary/aromatic N) is 4. The topological polar surface area (TPSA) is 79.1 Å². The Hall–Kier alpha value is -2.84. The van der Waals surface area contributed by atoms with E-state index < -0.39 is 8.32 Å². The van der Waals surface area contributed by atoms with Gasteiger partial charge < -0.3 is 13.7 Å². The highest BCUT2D eigenvalue weighted by Gasteiger charge is 2.37. The van der Waals surface area contributed by atoms with Crippen molar-refractivity contribution >= 4 is 37.6 Å². The van der Waals surface area contributed by atoms with Crippen LogP contribution >= 0.6 is 0 Å². The molecule has 0 fully saturated rings. The normalized spacial score (nSPS) is 12.6. The van der Waals surface area contributed by atoms with Crippen LogP contribution in [0.3, 0.4) is 0 Å². The maximum absolute atomic E-state index is 11.4. The molecule has 0 radical (unpaired) electrons. The van der Waals surface area contributed by atoms with Crippen molar-refractivity contribution in [1.29, 1.82) is 0 Å². The van der Waals surface area contributed by atoms with Crippen LogP contribution in [0.25, 0.3) is 23.3 Å². The largest absolute Gasteiger partial charge is 0.458 e. The Labute approximate surface area is 190 Å². The van der Waals surface area contributed by atoms with Gasteiger partial charge in [-0.05, 0) is 29.8 Å². The molecule has 0 spiro atoms. The Morgan fingerprint density at radius 3 is 2.50 bits per heavy atom. The predicted octanol–water partition coefficient (Wildman–Crippen LogP) is 5.08. The highest BCUT2D eigenvalue weighted by atomic mass is 28.4. The van der Waals surface area contributed by atoms with E-state index in [1.165, 1.54) is 6.92 Å². The van der Waals surface area contributed by atoms with Crippen molar-refractivity contribution in [3.8, 4) is 0 Å². The summed E-state index contributed by atoms with van der Waals surface area (Å²) in [6, 6.07) is 10.0. The van der Waals surface area contributed by atoms with Gasteiger partial charge in [-0.1, -0.05) is 57.2 Å². The molecule has 8 heteroatoms. The third-order valence-electron chi connectivity index (χ3n) is 5.80. The summed E-state index contributed by atoms with van der Waals surface area (Å²) in [5.41, 5.74) is 2.44. The molecule has 0 N–H and O–H groups in total. The highest BCUT2D eigenvalue weighted by Crippen LogP contribution is 2.36. The van der Waals surface area contributed by atoms with E-state index in [4.69, 9.17) is 14.1 Å². The van der Waals surface area contributed by atoms with Crippen LogP contribution in [0.2, 0.25) is 18.1 Å². The second kappa shape index (κ2) is 9.75. The van der Waals surface area contributed by atoms with Crippen molar-refractivity contribution in [2.75, 3.05) is 6.61 Å². The van der Waals surface area contributed by atoms with Gasteiger partial charge in [-0.3, -0.25) is 4.79 Å². The Balaban J connectivity index is 1.88. The van der Waals surface area contributed by atoms with Crippen molar-refractivity contribution in [3.05, 3.63) is 53.7 Å². The molecule has 3 rings (SSSR count). The number of benzene rings is 1. The maximum atomic E-state index is 11.4. The lowest BCUT2D eigenvalue weighted by Gasteiger charge is -2.36. The monoisotopic (exact) mass is 452 g/mol. The van der Waals surface area contributed by atoms with Crippen LogP contribution in [-0.4, -0.2) is 40.4 Å². The average Bonchev–Trinajstić information content (AvgIpc) is 3.07. The zero-order valence-corrected chi connectivity index (χ0v) is 20.8. The van der Waals surface area contributed by atoms with Gasteiger partial charge in [0.25, 0.3) is 0 Å². The van der Waals surface area contributed by atoms with E-state index in [0.717, 1.165) is 5.56 Å². The number of fused-ring (bicyclic) bond motifs is 1. The first kappa shape index (κ1) is 23.8. The van der Waals surface area contributed by atoms with Gasteiger partial charge in [0, 0.05) is 13.5 Å². The molecule has 0 aliphatic rings. The second-order valence-electron chi connectivity index (χ2n) is 9.25. The van der Waals surface area contributed by atoms with Gasteiger partial charge in [0.15, 0.2) is 19.8 Å². The van der Waals surface area contributed by atoms with Gasteiger partial charge in [-0.2, -0.15) is 0 Å². The smallest absolute Gasteiger partial charge is 0.303 e. The molecule has 1 aromatic carbocycles. The van der Waals surface area contributed by atoms with E-state index >= 15 is 0 Å². The van der Waals surface area contributed by atoms with Gasteiger partial charge in [-0.15, -0.1) is 0 Å². The van der Waals surface area contributed by atoms with E-state index in [-0.39, 0.29) is 17.6 Å². The molecule has 0 atom stereocenters. The minimum atomic E-state index is -1.88. The molecule has 2 aromatic heterocycles. The first-order valence-corrected chi connectivity index (χ1v) is 13.7. The molecular weight excluding hydrogens is 420 g/mol. The molecule has 32 heavy (non-hydrogen) atoms.